The lowest BCUT2D eigenvalue weighted by atomic mass is 9.97. The van der Waals surface area contributed by atoms with Gasteiger partial charge in [-0.25, -0.2) is 5.01 Å². The third-order valence-electron chi connectivity index (χ3n) is 4.50. The summed E-state index contributed by atoms with van der Waals surface area (Å²) < 4.78 is 0.977. The zero-order valence-electron chi connectivity index (χ0n) is 14.3. The van der Waals surface area contributed by atoms with Crippen molar-refractivity contribution in [3.63, 3.8) is 0 Å². The van der Waals surface area contributed by atoms with Crippen molar-refractivity contribution < 1.29 is 9.90 Å². The van der Waals surface area contributed by atoms with Gasteiger partial charge in [-0.1, -0.05) is 46.3 Å². The standard InChI is InChI=1S/C21H16BrN3O2/c22-16-9-7-14(8-10-16)18-12-19(17-5-1-2-6-20(17)26)25(24-18)21(27)15-4-3-11-23-13-15/h1-11,13,19,26H,12H2/t19-/m1/s1. The van der Waals surface area contributed by atoms with E-state index in [4.69, 9.17) is 0 Å². The van der Waals surface area contributed by atoms with E-state index in [2.05, 4.69) is 26.0 Å². The Morgan fingerprint density at radius 3 is 2.56 bits per heavy atom. The van der Waals surface area contributed by atoms with Gasteiger partial charge in [0.25, 0.3) is 5.91 Å². The summed E-state index contributed by atoms with van der Waals surface area (Å²) in [6.07, 6.45) is 3.67. The zero-order chi connectivity index (χ0) is 18.8. The molecular formula is C21H16BrN3O2. The summed E-state index contributed by atoms with van der Waals surface area (Å²) in [5, 5.41) is 16.4. The lowest BCUT2D eigenvalue weighted by Crippen LogP contribution is -2.27. The van der Waals surface area contributed by atoms with Gasteiger partial charge in [-0.2, -0.15) is 5.10 Å². The number of hydrogen-bond acceptors (Lipinski definition) is 4. The minimum atomic E-state index is -0.377. The number of carbonyl (C=O) groups is 1. The van der Waals surface area contributed by atoms with Crippen LogP contribution >= 0.6 is 15.9 Å². The fraction of sp³-hybridized carbons (Fsp3) is 0.0952. The second-order valence-corrected chi connectivity index (χ2v) is 7.14. The number of rotatable bonds is 3. The molecule has 0 bridgehead atoms. The summed E-state index contributed by atoms with van der Waals surface area (Å²) in [7, 11) is 0. The maximum atomic E-state index is 13.1. The Morgan fingerprint density at radius 2 is 1.85 bits per heavy atom. The van der Waals surface area contributed by atoms with E-state index in [1.165, 1.54) is 11.2 Å². The van der Waals surface area contributed by atoms with Crippen molar-refractivity contribution in [3.05, 3.63) is 94.2 Å². The summed E-state index contributed by atoms with van der Waals surface area (Å²) in [4.78, 5) is 17.1. The van der Waals surface area contributed by atoms with Crippen LogP contribution in [-0.4, -0.2) is 26.7 Å². The maximum Gasteiger partial charge on any atom is 0.276 e. The number of halogens is 1. The molecular weight excluding hydrogens is 406 g/mol. The molecule has 2 aromatic carbocycles. The molecule has 4 rings (SSSR count). The number of pyridine rings is 1. The Labute approximate surface area is 165 Å². The molecule has 0 spiro atoms. The predicted molar refractivity (Wildman–Crippen MR) is 107 cm³/mol. The van der Waals surface area contributed by atoms with E-state index in [1.807, 2.05) is 36.4 Å². The second kappa shape index (κ2) is 7.32. The molecule has 0 unspecified atom stereocenters. The predicted octanol–water partition coefficient (Wildman–Crippen LogP) is 4.54. The van der Waals surface area contributed by atoms with Crippen molar-refractivity contribution in [2.75, 3.05) is 0 Å². The fourth-order valence-electron chi connectivity index (χ4n) is 3.15. The van der Waals surface area contributed by atoms with Gasteiger partial charge in [-0.05, 0) is 35.9 Å². The molecule has 1 atom stereocenters. The number of hydrazone groups is 1. The maximum absolute atomic E-state index is 13.1. The van der Waals surface area contributed by atoms with Gasteiger partial charge in [0.2, 0.25) is 0 Å². The van der Waals surface area contributed by atoms with Gasteiger partial charge < -0.3 is 5.11 Å². The van der Waals surface area contributed by atoms with Crippen LogP contribution in [0.5, 0.6) is 5.75 Å². The first-order valence-electron chi connectivity index (χ1n) is 8.48. The molecule has 1 amide bonds. The van der Waals surface area contributed by atoms with Gasteiger partial charge in [0.15, 0.2) is 0 Å². The van der Waals surface area contributed by atoms with Crippen molar-refractivity contribution in [2.45, 2.75) is 12.5 Å². The molecule has 6 heteroatoms. The van der Waals surface area contributed by atoms with Crippen LogP contribution in [0.1, 0.15) is 33.9 Å². The van der Waals surface area contributed by atoms with Gasteiger partial charge in [0, 0.05) is 28.9 Å². The van der Waals surface area contributed by atoms with E-state index in [1.54, 1.807) is 30.5 Å². The van der Waals surface area contributed by atoms with Crippen LogP contribution in [0, 0.1) is 0 Å². The van der Waals surface area contributed by atoms with Crippen LogP contribution < -0.4 is 0 Å². The van der Waals surface area contributed by atoms with Gasteiger partial charge in [-0.3, -0.25) is 9.78 Å². The SMILES string of the molecule is O=C(c1cccnc1)N1N=C(c2ccc(Br)cc2)C[C@@H]1c1ccccc1O. The fourth-order valence-corrected chi connectivity index (χ4v) is 3.41. The highest BCUT2D eigenvalue weighted by Gasteiger charge is 2.35. The molecule has 0 saturated heterocycles. The van der Waals surface area contributed by atoms with Crippen LogP contribution in [-0.2, 0) is 0 Å². The largest absolute Gasteiger partial charge is 0.508 e. The highest BCUT2D eigenvalue weighted by molar-refractivity contribution is 9.10. The van der Waals surface area contributed by atoms with E-state index in [-0.39, 0.29) is 17.7 Å². The molecule has 134 valence electrons. The molecule has 0 aliphatic carbocycles. The molecule has 0 saturated carbocycles. The molecule has 27 heavy (non-hydrogen) atoms. The van der Waals surface area contributed by atoms with Crippen LogP contribution in [0.25, 0.3) is 0 Å². The van der Waals surface area contributed by atoms with Crippen molar-refractivity contribution in [1.82, 2.24) is 9.99 Å². The van der Waals surface area contributed by atoms with E-state index in [0.717, 1.165) is 15.7 Å². The number of aromatic hydroxyl groups is 1. The molecule has 0 radical (unpaired) electrons. The topological polar surface area (TPSA) is 65.8 Å². The van der Waals surface area contributed by atoms with Crippen LogP contribution in [0.3, 0.4) is 0 Å². The third kappa shape index (κ3) is 3.48. The monoisotopic (exact) mass is 421 g/mol. The Hall–Kier alpha value is -2.99. The second-order valence-electron chi connectivity index (χ2n) is 6.22. The summed E-state index contributed by atoms with van der Waals surface area (Å²) in [6.45, 7) is 0. The summed E-state index contributed by atoms with van der Waals surface area (Å²) in [5.41, 5.74) is 2.87. The molecule has 5 nitrogen and oxygen atoms in total. The smallest absolute Gasteiger partial charge is 0.276 e. The van der Waals surface area contributed by atoms with Crippen molar-refractivity contribution >= 4 is 27.5 Å². The first-order valence-corrected chi connectivity index (χ1v) is 9.27. The molecule has 1 aliphatic heterocycles. The highest BCUT2D eigenvalue weighted by Crippen LogP contribution is 2.37. The lowest BCUT2D eigenvalue weighted by molar-refractivity contribution is 0.0709. The Balaban J connectivity index is 1.75. The third-order valence-corrected chi connectivity index (χ3v) is 5.03. The number of phenolic OH excluding ortho intramolecular Hbond substituents is 1. The summed E-state index contributed by atoms with van der Waals surface area (Å²) in [5.74, 6) is -0.0952. The Kier molecular flexibility index (Phi) is 4.73. The van der Waals surface area contributed by atoms with Gasteiger partial charge in [0.1, 0.15) is 5.75 Å². The average Bonchev–Trinajstić information content (AvgIpc) is 3.14. The van der Waals surface area contributed by atoms with Crippen LogP contribution in [0.2, 0.25) is 0 Å². The first-order chi connectivity index (χ1) is 13.1. The van der Waals surface area contributed by atoms with Gasteiger partial charge >= 0.3 is 0 Å². The van der Waals surface area contributed by atoms with Crippen molar-refractivity contribution in [3.8, 4) is 5.75 Å². The number of para-hydroxylation sites is 1. The highest BCUT2D eigenvalue weighted by atomic mass is 79.9. The lowest BCUT2D eigenvalue weighted by Gasteiger charge is -2.22. The first kappa shape index (κ1) is 17.4. The molecule has 1 aromatic heterocycles. The van der Waals surface area contributed by atoms with E-state index < -0.39 is 0 Å². The molecule has 2 heterocycles. The minimum absolute atomic E-state index is 0.152. The number of aromatic nitrogens is 1. The molecule has 3 aromatic rings. The quantitative estimate of drug-likeness (QED) is 0.674. The Bertz CT molecular complexity index is 1000. The Morgan fingerprint density at radius 1 is 1.07 bits per heavy atom. The summed E-state index contributed by atoms with van der Waals surface area (Å²) >= 11 is 3.43. The minimum Gasteiger partial charge on any atom is -0.508 e. The number of hydrogen-bond donors (Lipinski definition) is 1. The molecule has 1 aliphatic rings. The van der Waals surface area contributed by atoms with E-state index in [0.29, 0.717) is 17.5 Å². The van der Waals surface area contributed by atoms with E-state index in [9.17, 15) is 9.90 Å². The van der Waals surface area contributed by atoms with Gasteiger partial charge in [0.05, 0.1) is 17.3 Å². The van der Waals surface area contributed by atoms with Crippen LogP contribution in [0.4, 0.5) is 0 Å². The van der Waals surface area contributed by atoms with Crippen molar-refractivity contribution in [1.29, 1.82) is 0 Å². The molecule has 1 N–H and O–H groups in total. The number of benzene rings is 2. The van der Waals surface area contributed by atoms with Crippen molar-refractivity contribution in [2.24, 2.45) is 5.10 Å². The number of amides is 1. The zero-order valence-corrected chi connectivity index (χ0v) is 15.9. The molecule has 0 fully saturated rings. The number of carbonyl (C=O) groups excluding carboxylic acids is 1. The van der Waals surface area contributed by atoms with Crippen LogP contribution in [0.15, 0.2) is 82.6 Å². The van der Waals surface area contributed by atoms with Gasteiger partial charge in [-0.15, -0.1) is 0 Å². The summed E-state index contributed by atoms with van der Waals surface area (Å²) in [6, 6.07) is 17.9. The normalized spacial score (nSPS) is 16.3. The average molecular weight is 422 g/mol. The van der Waals surface area contributed by atoms with E-state index >= 15 is 0 Å². The number of nitrogens with zero attached hydrogens (tertiary/aromatic N) is 3. The number of phenols is 1.